The standard InChI is InChI=1S/C12H13NO4/c1-7(12(15)16)3-8-4-9(6-13)11(17-2)10(14)5-8/h4-5,7,14H,3H2,1-2H3,(H,15,16). The molecule has 0 aromatic heterocycles. The molecule has 0 radical (unpaired) electrons. The third-order valence-corrected chi connectivity index (χ3v) is 2.42. The number of phenols is 1. The summed E-state index contributed by atoms with van der Waals surface area (Å²) < 4.78 is 4.89. The second-order valence-corrected chi connectivity index (χ2v) is 3.75. The van der Waals surface area contributed by atoms with E-state index >= 15 is 0 Å². The van der Waals surface area contributed by atoms with Crippen molar-refractivity contribution >= 4 is 5.97 Å². The Bertz CT molecular complexity index is 476. The van der Waals surface area contributed by atoms with Crippen LogP contribution in [0.2, 0.25) is 0 Å². The van der Waals surface area contributed by atoms with Gasteiger partial charge in [-0.25, -0.2) is 0 Å². The summed E-state index contributed by atoms with van der Waals surface area (Å²) in [5, 5.41) is 27.3. The molecule has 0 aliphatic rings. The lowest BCUT2D eigenvalue weighted by Gasteiger charge is -2.10. The maximum atomic E-state index is 10.7. The predicted molar refractivity (Wildman–Crippen MR) is 59.9 cm³/mol. The van der Waals surface area contributed by atoms with E-state index in [1.165, 1.54) is 19.2 Å². The van der Waals surface area contributed by atoms with Crippen molar-refractivity contribution in [3.63, 3.8) is 0 Å². The summed E-state index contributed by atoms with van der Waals surface area (Å²) in [4.78, 5) is 10.7. The maximum Gasteiger partial charge on any atom is 0.306 e. The molecular formula is C12H13NO4. The van der Waals surface area contributed by atoms with Crippen LogP contribution in [-0.4, -0.2) is 23.3 Å². The first-order valence-electron chi connectivity index (χ1n) is 5.02. The van der Waals surface area contributed by atoms with Gasteiger partial charge in [0.1, 0.15) is 6.07 Å². The third kappa shape index (κ3) is 2.88. The van der Waals surface area contributed by atoms with Crippen molar-refractivity contribution < 1.29 is 19.7 Å². The molecule has 0 saturated carbocycles. The van der Waals surface area contributed by atoms with Gasteiger partial charge < -0.3 is 14.9 Å². The fourth-order valence-electron chi connectivity index (χ4n) is 1.53. The smallest absolute Gasteiger partial charge is 0.306 e. The summed E-state index contributed by atoms with van der Waals surface area (Å²) in [6.07, 6.45) is 0.252. The van der Waals surface area contributed by atoms with E-state index in [1.807, 2.05) is 6.07 Å². The summed E-state index contributed by atoms with van der Waals surface area (Å²) in [5.74, 6) is -1.54. The highest BCUT2D eigenvalue weighted by atomic mass is 16.5. The normalized spacial score (nSPS) is 11.6. The highest BCUT2D eigenvalue weighted by molar-refractivity contribution is 5.70. The zero-order valence-corrected chi connectivity index (χ0v) is 9.60. The molecule has 1 atom stereocenters. The number of aliphatic carboxylic acids is 1. The van der Waals surface area contributed by atoms with Crippen molar-refractivity contribution in [2.45, 2.75) is 13.3 Å². The first-order valence-corrected chi connectivity index (χ1v) is 5.02. The van der Waals surface area contributed by atoms with E-state index in [0.717, 1.165) is 0 Å². The molecule has 1 rings (SSSR count). The van der Waals surface area contributed by atoms with E-state index in [1.54, 1.807) is 6.92 Å². The highest BCUT2D eigenvalue weighted by Crippen LogP contribution is 2.31. The van der Waals surface area contributed by atoms with Crippen molar-refractivity contribution in [1.29, 1.82) is 5.26 Å². The van der Waals surface area contributed by atoms with Crippen LogP contribution in [0.3, 0.4) is 0 Å². The van der Waals surface area contributed by atoms with E-state index in [2.05, 4.69) is 0 Å². The molecule has 0 amide bonds. The largest absolute Gasteiger partial charge is 0.504 e. The Labute approximate surface area is 98.9 Å². The number of nitrogens with zero attached hydrogens (tertiary/aromatic N) is 1. The van der Waals surface area contributed by atoms with Crippen molar-refractivity contribution in [2.75, 3.05) is 7.11 Å². The van der Waals surface area contributed by atoms with Gasteiger partial charge in [-0.15, -0.1) is 0 Å². The fourth-order valence-corrected chi connectivity index (χ4v) is 1.53. The second kappa shape index (κ2) is 5.21. The van der Waals surface area contributed by atoms with E-state index in [4.69, 9.17) is 15.1 Å². The minimum atomic E-state index is -0.918. The Morgan fingerprint density at radius 1 is 1.59 bits per heavy atom. The molecule has 0 fully saturated rings. The quantitative estimate of drug-likeness (QED) is 0.825. The Kier molecular flexibility index (Phi) is 3.94. The zero-order valence-electron chi connectivity index (χ0n) is 9.60. The van der Waals surface area contributed by atoms with E-state index in [-0.39, 0.29) is 23.5 Å². The Morgan fingerprint density at radius 3 is 2.71 bits per heavy atom. The van der Waals surface area contributed by atoms with Crippen molar-refractivity contribution in [3.05, 3.63) is 23.3 Å². The number of phenolic OH excluding ortho intramolecular Hbond substituents is 1. The van der Waals surface area contributed by atoms with Crippen LogP contribution in [0.5, 0.6) is 11.5 Å². The summed E-state index contributed by atoms with van der Waals surface area (Å²) >= 11 is 0. The number of aromatic hydroxyl groups is 1. The third-order valence-electron chi connectivity index (χ3n) is 2.42. The average molecular weight is 235 g/mol. The van der Waals surface area contributed by atoms with Gasteiger partial charge in [0.25, 0.3) is 0 Å². The van der Waals surface area contributed by atoms with E-state index in [0.29, 0.717) is 5.56 Å². The van der Waals surface area contributed by atoms with Crippen LogP contribution in [0.1, 0.15) is 18.1 Å². The Morgan fingerprint density at radius 2 is 2.24 bits per heavy atom. The van der Waals surface area contributed by atoms with Gasteiger partial charge in [0, 0.05) is 0 Å². The molecule has 0 bridgehead atoms. The van der Waals surface area contributed by atoms with Gasteiger partial charge in [-0.3, -0.25) is 4.79 Å². The predicted octanol–water partition coefficient (Wildman–Crippen LogP) is 1.54. The minimum Gasteiger partial charge on any atom is -0.504 e. The Hall–Kier alpha value is -2.22. The molecule has 17 heavy (non-hydrogen) atoms. The molecule has 90 valence electrons. The first-order chi connectivity index (χ1) is 7.99. The monoisotopic (exact) mass is 235 g/mol. The second-order valence-electron chi connectivity index (χ2n) is 3.75. The number of ether oxygens (including phenoxy) is 1. The molecule has 2 N–H and O–H groups in total. The lowest BCUT2D eigenvalue weighted by molar-refractivity contribution is -0.141. The van der Waals surface area contributed by atoms with Crippen LogP contribution in [0.25, 0.3) is 0 Å². The lowest BCUT2D eigenvalue weighted by Crippen LogP contribution is -2.12. The molecule has 1 aromatic rings. The van der Waals surface area contributed by atoms with Crippen molar-refractivity contribution in [2.24, 2.45) is 5.92 Å². The molecule has 0 spiro atoms. The van der Waals surface area contributed by atoms with Crippen molar-refractivity contribution in [3.8, 4) is 17.6 Å². The number of carbonyl (C=O) groups is 1. The molecule has 5 nitrogen and oxygen atoms in total. The number of methoxy groups -OCH3 is 1. The first kappa shape index (κ1) is 12.8. The number of carboxylic acids is 1. The van der Waals surface area contributed by atoms with Crippen LogP contribution < -0.4 is 4.74 Å². The molecule has 1 unspecified atom stereocenters. The molecule has 5 heteroatoms. The number of nitriles is 1. The van der Waals surface area contributed by atoms with Gasteiger partial charge in [-0.1, -0.05) is 6.92 Å². The summed E-state index contributed by atoms with van der Waals surface area (Å²) in [7, 11) is 1.36. The Balaban J connectivity index is 3.09. The topological polar surface area (TPSA) is 90.6 Å². The van der Waals surface area contributed by atoms with Crippen LogP contribution in [-0.2, 0) is 11.2 Å². The van der Waals surface area contributed by atoms with Crippen molar-refractivity contribution in [1.82, 2.24) is 0 Å². The average Bonchev–Trinajstić information content (AvgIpc) is 2.27. The molecular weight excluding hydrogens is 222 g/mol. The minimum absolute atomic E-state index is 0.110. The zero-order chi connectivity index (χ0) is 13.0. The van der Waals surface area contributed by atoms with Gasteiger partial charge >= 0.3 is 5.97 Å². The number of benzene rings is 1. The number of hydrogen-bond acceptors (Lipinski definition) is 4. The van der Waals surface area contributed by atoms with Crippen LogP contribution in [0, 0.1) is 17.2 Å². The summed E-state index contributed by atoms with van der Waals surface area (Å²) in [6, 6.07) is 4.84. The summed E-state index contributed by atoms with van der Waals surface area (Å²) in [6.45, 7) is 1.57. The molecule has 0 aliphatic heterocycles. The highest BCUT2D eigenvalue weighted by Gasteiger charge is 2.15. The van der Waals surface area contributed by atoms with Gasteiger partial charge in [-0.2, -0.15) is 5.26 Å². The molecule has 0 aliphatic carbocycles. The van der Waals surface area contributed by atoms with Crippen LogP contribution >= 0.6 is 0 Å². The molecule has 0 saturated heterocycles. The maximum absolute atomic E-state index is 10.7. The number of hydrogen-bond donors (Lipinski definition) is 2. The SMILES string of the molecule is COc1c(O)cc(CC(C)C(=O)O)cc1C#N. The van der Waals surface area contributed by atoms with Gasteiger partial charge in [0.2, 0.25) is 0 Å². The number of carboxylic acid groups (broad SMARTS) is 1. The summed E-state index contributed by atoms with van der Waals surface area (Å²) in [5.41, 5.74) is 0.787. The van der Waals surface area contributed by atoms with Gasteiger partial charge in [0.05, 0.1) is 18.6 Å². The van der Waals surface area contributed by atoms with E-state index < -0.39 is 11.9 Å². The van der Waals surface area contributed by atoms with E-state index in [9.17, 15) is 9.90 Å². The van der Waals surface area contributed by atoms with Crippen LogP contribution in [0.4, 0.5) is 0 Å². The molecule has 0 heterocycles. The van der Waals surface area contributed by atoms with Gasteiger partial charge in [0.15, 0.2) is 11.5 Å². The van der Waals surface area contributed by atoms with Crippen LogP contribution in [0.15, 0.2) is 12.1 Å². The fraction of sp³-hybridized carbons (Fsp3) is 0.333. The molecule has 1 aromatic carbocycles. The van der Waals surface area contributed by atoms with Gasteiger partial charge in [-0.05, 0) is 24.1 Å². The number of rotatable bonds is 4. The lowest BCUT2D eigenvalue weighted by atomic mass is 9.99.